The zero-order chi connectivity index (χ0) is 20.8. The second-order valence-electron chi connectivity index (χ2n) is 7.94. The maximum atomic E-state index is 12.6. The van der Waals surface area contributed by atoms with Crippen molar-refractivity contribution in [1.29, 1.82) is 0 Å². The average Bonchev–Trinajstić information content (AvgIpc) is 3.35. The molecule has 0 bridgehead atoms. The Morgan fingerprint density at radius 1 is 1.07 bits per heavy atom. The standard InChI is InChI=1S/C22H33N5O3/c1-23-22(27-10-8-26(9-11-27)21(28)20-7-4-14-30-20)24-17-18-5-2-3-6-19(18)25-12-15-29-16-13-25/h2-3,5-6,20H,4,7-17H2,1H3,(H,23,24). The molecule has 3 heterocycles. The quantitative estimate of drug-likeness (QED) is 0.583. The molecule has 8 heteroatoms. The number of amides is 1. The molecule has 4 rings (SSSR count). The summed E-state index contributed by atoms with van der Waals surface area (Å²) in [6.07, 6.45) is 1.61. The summed E-state index contributed by atoms with van der Waals surface area (Å²) in [5.74, 6) is 1.03. The van der Waals surface area contributed by atoms with Gasteiger partial charge in [-0.25, -0.2) is 0 Å². The summed E-state index contributed by atoms with van der Waals surface area (Å²) in [6, 6.07) is 8.52. The van der Waals surface area contributed by atoms with Crippen molar-refractivity contribution in [2.75, 3.05) is 71.0 Å². The number of hydrogen-bond donors (Lipinski definition) is 1. The van der Waals surface area contributed by atoms with E-state index >= 15 is 0 Å². The molecular formula is C22H33N5O3. The Morgan fingerprint density at radius 3 is 2.50 bits per heavy atom. The lowest BCUT2D eigenvalue weighted by Gasteiger charge is -2.37. The van der Waals surface area contributed by atoms with Crippen molar-refractivity contribution in [1.82, 2.24) is 15.1 Å². The number of nitrogens with zero attached hydrogens (tertiary/aromatic N) is 4. The molecule has 8 nitrogen and oxygen atoms in total. The van der Waals surface area contributed by atoms with E-state index in [0.717, 1.165) is 64.7 Å². The van der Waals surface area contributed by atoms with Gasteiger partial charge in [0.25, 0.3) is 5.91 Å². The van der Waals surface area contributed by atoms with Gasteiger partial charge in [0, 0.05) is 65.2 Å². The van der Waals surface area contributed by atoms with Gasteiger partial charge < -0.3 is 29.5 Å². The molecule has 30 heavy (non-hydrogen) atoms. The fourth-order valence-corrected chi connectivity index (χ4v) is 4.39. The highest BCUT2D eigenvalue weighted by molar-refractivity contribution is 5.83. The topological polar surface area (TPSA) is 69.6 Å². The van der Waals surface area contributed by atoms with E-state index in [9.17, 15) is 4.79 Å². The number of ether oxygens (including phenoxy) is 2. The second kappa shape index (κ2) is 10.1. The Morgan fingerprint density at radius 2 is 1.80 bits per heavy atom. The predicted molar refractivity (Wildman–Crippen MR) is 117 cm³/mol. The first-order valence-electron chi connectivity index (χ1n) is 11.0. The van der Waals surface area contributed by atoms with Crippen LogP contribution in [0, 0.1) is 0 Å². The minimum Gasteiger partial charge on any atom is -0.378 e. The van der Waals surface area contributed by atoms with E-state index in [1.54, 1.807) is 0 Å². The molecule has 1 unspecified atom stereocenters. The van der Waals surface area contributed by atoms with E-state index in [2.05, 4.69) is 44.4 Å². The number of piperazine rings is 1. The maximum absolute atomic E-state index is 12.6. The van der Waals surface area contributed by atoms with Gasteiger partial charge in [0.1, 0.15) is 6.10 Å². The fraction of sp³-hybridized carbons (Fsp3) is 0.636. The first-order chi connectivity index (χ1) is 14.8. The Hall–Kier alpha value is -2.32. The largest absolute Gasteiger partial charge is 0.378 e. The van der Waals surface area contributed by atoms with E-state index in [1.807, 2.05) is 11.9 Å². The number of carbonyl (C=O) groups excluding carboxylic acids is 1. The number of carbonyl (C=O) groups is 1. The fourth-order valence-electron chi connectivity index (χ4n) is 4.39. The van der Waals surface area contributed by atoms with Crippen LogP contribution >= 0.6 is 0 Å². The van der Waals surface area contributed by atoms with Crippen molar-refractivity contribution in [2.45, 2.75) is 25.5 Å². The van der Waals surface area contributed by atoms with E-state index < -0.39 is 0 Å². The predicted octanol–water partition coefficient (Wildman–Crippen LogP) is 0.922. The molecule has 0 aliphatic carbocycles. The van der Waals surface area contributed by atoms with Crippen molar-refractivity contribution in [3.63, 3.8) is 0 Å². The SMILES string of the molecule is CN=C(NCc1ccccc1N1CCOCC1)N1CCN(C(=O)C2CCCO2)CC1. The van der Waals surface area contributed by atoms with Gasteiger partial charge in [-0.3, -0.25) is 9.79 Å². The molecule has 164 valence electrons. The molecule has 3 aliphatic heterocycles. The highest BCUT2D eigenvalue weighted by atomic mass is 16.5. The van der Waals surface area contributed by atoms with Gasteiger partial charge in [0.15, 0.2) is 5.96 Å². The number of hydrogen-bond acceptors (Lipinski definition) is 5. The minimum absolute atomic E-state index is 0.148. The molecule has 1 aromatic carbocycles. The van der Waals surface area contributed by atoms with Gasteiger partial charge in [-0.15, -0.1) is 0 Å². The Bertz CT molecular complexity index is 736. The normalized spacial score (nSPS) is 23.0. The average molecular weight is 416 g/mol. The molecule has 0 aromatic heterocycles. The van der Waals surface area contributed by atoms with E-state index in [1.165, 1.54) is 11.3 Å². The van der Waals surface area contributed by atoms with Gasteiger partial charge in [0.2, 0.25) is 0 Å². The van der Waals surface area contributed by atoms with E-state index in [4.69, 9.17) is 9.47 Å². The number of aliphatic imine (C=N–C) groups is 1. The van der Waals surface area contributed by atoms with Crippen LogP contribution in [0.15, 0.2) is 29.3 Å². The molecule has 1 amide bonds. The Labute approximate surface area is 178 Å². The number of rotatable bonds is 4. The van der Waals surface area contributed by atoms with Crippen LogP contribution in [-0.2, 0) is 20.8 Å². The summed E-state index contributed by atoms with van der Waals surface area (Å²) in [5.41, 5.74) is 2.52. The van der Waals surface area contributed by atoms with Crippen LogP contribution in [0.4, 0.5) is 5.69 Å². The lowest BCUT2D eigenvalue weighted by molar-refractivity contribution is -0.142. The lowest BCUT2D eigenvalue weighted by Crippen LogP contribution is -2.55. The van der Waals surface area contributed by atoms with Crippen molar-refractivity contribution in [3.8, 4) is 0 Å². The molecule has 1 N–H and O–H groups in total. The van der Waals surface area contributed by atoms with Crippen LogP contribution in [0.25, 0.3) is 0 Å². The van der Waals surface area contributed by atoms with Crippen LogP contribution < -0.4 is 10.2 Å². The zero-order valence-electron chi connectivity index (χ0n) is 17.9. The molecule has 0 spiro atoms. The number of anilines is 1. The smallest absolute Gasteiger partial charge is 0.251 e. The molecule has 1 aromatic rings. The maximum Gasteiger partial charge on any atom is 0.251 e. The molecule has 3 aliphatic rings. The van der Waals surface area contributed by atoms with Gasteiger partial charge in [-0.1, -0.05) is 18.2 Å². The third kappa shape index (κ3) is 4.87. The highest BCUT2D eigenvalue weighted by Crippen LogP contribution is 2.21. The first-order valence-corrected chi connectivity index (χ1v) is 11.0. The van der Waals surface area contributed by atoms with Crippen LogP contribution in [-0.4, -0.2) is 93.9 Å². The summed E-state index contributed by atoms with van der Waals surface area (Å²) in [5, 5.41) is 3.52. The van der Waals surface area contributed by atoms with Gasteiger partial charge in [-0.2, -0.15) is 0 Å². The van der Waals surface area contributed by atoms with Crippen molar-refractivity contribution in [3.05, 3.63) is 29.8 Å². The van der Waals surface area contributed by atoms with Gasteiger partial charge in [-0.05, 0) is 24.5 Å². The molecular weight excluding hydrogens is 382 g/mol. The lowest BCUT2D eigenvalue weighted by atomic mass is 10.1. The highest BCUT2D eigenvalue weighted by Gasteiger charge is 2.31. The summed E-state index contributed by atoms with van der Waals surface area (Å²) in [7, 11) is 1.82. The summed E-state index contributed by atoms with van der Waals surface area (Å²) >= 11 is 0. The summed E-state index contributed by atoms with van der Waals surface area (Å²) in [4.78, 5) is 23.6. The van der Waals surface area contributed by atoms with Gasteiger partial charge >= 0.3 is 0 Å². The first kappa shape index (κ1) is 20.9. The third-order valence-corrected chi connectivity index (χ3v) is 6.09. The molecule has 1 atom stereocenters. The monoisotopic (exact) mass is 415 g/mol. The molecule has 0 saturated carbocycles. The number of morpholine rings is 1. The van der Waals surface area contributed by atoms with E-state index in [-0.39, 0.29) is 12.0 Å². The Balaban J connectivity index is 1.31. The van der Waals surface area contributed by atoms with Crippen LogP contribution in [0.2, 0.25) is 0 Å². The van der Waals surface area contributed by atoms with Crippen molar-refractivity contribution < 1.29 is 14.3 Å². The zero-order valence-corrected chi connectivity index (χ0v) is 17.9. The summed E-state index contributed by atoms with van der Waals surface area (Å²) < 4.78 is 11.1. The van der Waals surface area contributed by atoms with Crippen LogP contribution in [0.1, 0.15) is 18.4 Å². The number of benzene rings is 1. The van der Waals surface area contributed by atoms with Crippen LogP contribution in [0.5, 0.6) is 0 Å². The number of para-hydroxylation sites is 1. The van der Waals surface area contributed by atoms with Crippen molar-refractivity contribution in [2.24, 2.45) is 4.99 Å². The number of nitrogens with one attached hydrogen (secondary N) is 1. The van der Waals surface area contributed by atoms with E-state index in [0.29, 0.717) is 19.7 Å². The minimum atomic E-state index is -0.231. The van der Waals surface area contributed by atoms with Crippen molar-refractivity contribution >= 4 is 17.6 Å². The molecule has 3 saturated heterocycles. The second-order valence-corrected chi connectivity index (χ2v) is 7.94. The number of guanidine groups is 1. The molecule has 0 radical (unpaired) electrons. The third-order valence-electron chi connectivity index (χ3n) is 6.09. The summed E-state index contributed by atoms with van der Waals surface area (Å²) in [6.45, 7) is 7.81. The Kier molecular flexibility index (Phi) is 7.07. The van der Waals surface area contributed by atoms with Gasteiger partial charge in [0.05, 0.1) is 13.2 Å². The van der Waals surface area contributed by atoms with Crippen LogP contribution in [0.3, 0.4) is 0 Å². The molecule has 3 fully saturated rings.